The number of carbonyl (C=O) groups excluding carboxylic acids is 2. The fourth-order valence-electron chi connectivity index (χ4n) is 5.84. The highest BCUT2D eigenvalue weighted by Gasteiger charge is 2.59. The molecule has 2 amide bonds. The minimum Gasteiger partial charge on any atom is -0.303 e. The van der Waals surface area contributed by atoms with Gasteiger partial charge in [-0.15, -0.1) is 0 Å². The zero-order valence-corrected chi connectivity index (χ0v) is 18.0. The first-order valence-corrected chi connectivity index (χ1v) is 11.1. The maximum atomic E-state index is 13.5. The Labute approximate surface area is 174 Å². The Hall–Kier alpha value is -1.98. The van der Waals surface area contributed by atoms with Gasteiger partial charge >= 0.3 is 0 Å². The van der Waals surface area contributed by atoms with Crippen LogP contribution in [0.15, 0.2) is 42.0 Å². The Morgan fingerprint density at radius 1 is 1.00 bits per heavy atom. The Morgan fingerprint density at radius 2 is 1.66 bits per heavy atom. The van der Waals surface area contributed by atoms with Gasteiger partial charge in [-0.05, 0) is 44.0 Å². The largest absolute Gasteiger partial charge is 0.303 e. The SMILES string of the molecule is CCN(CC)CCN1C[C@H](C)[C@H]2C(C)=C[C@H]1[C@@H]1C(=O)N(c3ccccc3)C(=O)[C@@H]12. The number of nitrogens with zero attached hydrogens (tertiary/aromatic N) is 3. The molecule has 3 aliphatic heterocycles. The number of amides is 2. The number of para-hydroxylation sites is 1. The average molecular weight is 396 g/mol. The zero-order chi connectivity index (χ0) is 20.7. The summed E-state index contributed by atoms with van der Waals surface area (Å²) >= 11 is 0. The van der Waals surface area contributed by atoms with Gasteiger partial charge in [-0.3, -0.25) is 14.5 Å². The molecule has 0 N–H and O–H groups in total. The predicted molar refractivity (Wildman–Crippen MR) is 115 cm³/mol. The van der Waals surface area contributed by atoms with Crippen LogP contribution in [0.3, 0.4) is 0 Å². The average Bonchev–Trinajstić information content (AvgIpc) is 2.83. The molecule has 3 heterocycles. The first-order valence-electron chi connectivity index (χ1n) is 11.1. The van der Waals surface area contributed by atoms with Crippen molar-refractivity contribution in [2.75, 3.05) is 37.6 Å². The quantitative estimate of drug-likeness (QED) is 0.549. The molecule has 1 aliphatic carbocycles. The third-order valence-electron chi connectivity index (χ3n) is 7.28. The zero-order valence-electron chi connectivity index (χ0n) is 18.0. The molecule has 0 radical (unpaired) electrons. The molecular weight excluding hydrogens is 362 g/mol. The molecule has 0 saturated carbocycles. The molecule has 5 heteroatoms. The molecule has 0 unspecified atom stereocenters. The molecule has 1 aromatic rings. The minimum absolute atomic E-state index is 0.00825. The van der Waals surface area contributed by atoms with Crippen LogP contribution >= 0.6 is 0 Å². The van der Waals surface area contributed by atoms with Crippen molar-refractivity contribution in [2.24, 2.45) is 23.7 Å². The molecule has 4 aliphatic rings. The number of benzene rings is 1. The van der Waals surface area contributed by atoms with Crippen LogP contribution in [-0.2, 0) is 9.59 Å². The van der Waals surface area contributed by atoms with E-state index in [1.807, 2.05) is 30.3 Å². The van der Waals surface area contributed by atoms with Crippen LogP contribution in [0.5, 0.6) is 0 Å². The number of carbonyl (C=O) groups is 2. The lowest BCUT2D eigenvalue weighted by Crippen LogP contribution is -2.47. The molecule has 2 fully saturated rings. The number of allylic oxidation sites excluding steroid dienone is 1. The monoisotopic (exact) mass is 395 g/mol. The smallest absolute Gasteiger partial charge is 0.239 e. The van der Waals surface area contributed by atoms with E-state index in [2.05, 4.69) is 43.6 Å². The third-order valence-corrected chi connectivity index (χ3v) is 7.28. The van der Waals surface area contributed by atoms with Crippen molar-refractivity contribution in [3.8, 4) is 0 Å². The number of anilines is 1. The van der Waals surface area contributed by atoms with Crippen molar-refractivity contribution in [3.05, 3.63) is 42.0 Å². The summed E-state index contributed by atoms with van der Waals surface area (Å²) in [4.78, 5) is 33.4. The Morgan fingerprint density at radius 3 is 2.31 bits per heavy atom. The van der Waals surface area contributed by atoms with E-state index in [1.54, 1.807) is 0 Å². The van der Waals surface area contributed by atoms with Gasteiger partial charge < -0.3 is 4.90 Å². The lowest BCUT2D eigenvalue weighted by atomic mass is 9.68. The number of hydrogen-bond donors (Lipinski definition) is 0. The van der Waals surface area contributed by atoms with E-state index < -0.39 is 0 Å². The summed E-state index contributed by atoms with van der Waals surface area (Å²) in [7, 11) is 0. The van der Waals surface area contributed by atoms with Crippen LogP contribution in [0.1, 0.15) is 27.7 Å². The summed E-state index contributed by atoms with van der Waals surface area (Å²) in [6.07, 6.45) is 2.29. The van der Waals surface area contributed by atoms with E-state index in [0.29, 0.717) is 11.6 Å². The van der Waals surface area contributed by atoms with Gasteiger partial charge in [-0.1, -0.05) is 50.6 Å². The highest BCUT2D eigenvalue weighted by Crippen LogP contribution is 2.49. The number of hydrogen-bond acceptors (Lipinski definition) is 4. The predicted octanol–water partition coefficient (Wildman–Crippen LogP) is 3.03. The van der Waals surface area contributed by atoms with Crippen LogP contribution in [0.25, 0.3) is 0 Å². The summed E-state index contributed by atoms with van der Waals surface area (Å²) in [5, 5.41) is 0. The highest BCUT2D eigenvalue weighted by molar-refractivity contribution is 6.22. The highest BCUT2D eigenvalue weighted by atomic mass is 16.2. The van der Waals surface area contributed by atoms with Crippen molar-refractivity contribution in [1.29, 1.82) is 0 Å². The lowest BCUT2D eigenvalue weighted by molar-refractivity contribution is -0.123. The molecule has 5 atom stereocenters. The Kier molecular flexibility index (Phi) is 5.63. The molecule has 5 rings (SSSR count). The van der Waals surface area contributed by atoms with E-state index in [0.717, 1.165) is 32.7 Å². The van der Waals surface area contributed by atoms with Crippen LogP contribution in [-0.4, -0.2) is 60.4 Å². The van der Waals surface area contributed by atoms with E-state index in [4.69, 9.17) is 0 Å². The molecule has 2 saturated heterocycles. The van der Waals surface area contributed by atoms with Crippen LogP contribution < -0.4 is 4.90 Å². The van der Waals surface area contributed by atoms with Gasteiger partial charge in [0.05, 0.1) is 17.5 Å². The summed E-state index contributed by atoms with van der Waals surface area (Å²) < 4.78 is 0. The number of fused-ring (bicyclic) bond motifs is 2. The molecule has 2 bridgehead atoms. The lowest BCUT2D eigenvalue weighted by Gasteiger charge is -2.36. The van der Waals surface area contributed by atoms with E-state index >= 15 is 0 Å². The second-order valence-corrected chi connectivity index (χ2v) is 8.83. The van der Waals surface area contributed by atoms with E-state index in [9.17, 15) is 9.59 Å². The molecule has 1 aromatic carbocycles. The van der Waals surface area contributed by atoms with Crippen molar-refractivity contribution in [1.82, 2.24) is 9.80 Å². The fourth-order valence-corrected chi connectivity index (χ4v) is 5.84. The Balaban J connectivity index is 1.68. The van der Waals surface area contributed by atoms with Crippen molar-refractivity contribution in [3.63, 3.8) is 0 Å². The van der Waals surface area contributed by atoms with Gasteiger partial charge in [0.15, 0.2) is 0 Å². The number of imide groups is 1. The van der Waals surface area contributed by atoms with Crippen molar-refractivity contribution >= 4 is 17.5 Å². The molecule has 0 spiro atoms. The molecule has 156 valence electrons. The first-order chi connectivity index (χ1) is 14.0. The maximum absolute atomic E-state index is 13.5. The van der Waals surface area contributed by atoms with E-state index in [-0.39, 0.29) is 35.6 Å². The molecular formula is C24H33N3O2. The molecule has 5 nitrogen and oxygen atoms in total. The first kappa shape index (κ1) is 20.3. The normalized spacial score (nSPS) is 32.0. The van der Waals surface area contributed by atoms with Gasteiger partial charge in [-0.25, -0.2) is 4.90 Å². The second-order valence-electron chi connectivity index (χ2n) is 8.83. The van der Waals surface area contributed by atoms with Crippen molar-refractivity contribution < 1.29 is 9.59 Å². The topological polar surface area (TPSA) is 43.9 Å². The summed E-state index contributed by atoms with van der Waals surface area (Å²) in [5.74, 6) is -0.0162. The van der Waals surface area contributed by atoms with Gasteiger partial charge in [-0.2, -0.15) is 0 Å². The van der Waals surface area contributed by atoms with Crippen LogP contribution in [0.4, 0.5) is 5.69 Å². The van der Waals surface area contributed by atoms with Gasteiger partial charge in [0.2, 0.25) is 11.8 Å². The Bertz CT molecular complexity index is 802. The minimum atomic E-state index is -0.266. The standard InChI is InChI=1S/C24H33N3O2/c1-5-25(6-2)12-13-26-15-17(4)20-16(3)14-19(26)21-22(20)24(29)27(23(21)28)18-10-8-7-9-11-18/h7-11,14,17,19-22H,5-6,12-13,15H2,1-4H3/t17-,19-,20+,21-,22+/m0/s1. The van der Waals surface area contributed by atoms with Crippen molar-refractivity contribution in [2.45, 2.75) is 33.7 Å². The van der Waals surface area contributed by atoms with Gasteiger partial charge in [0.1, 0.15) is 0 Å². The second kappa shape index (κ2) is 8.04. The number of rotatable bonds is 6. The van der Waals surface area contributed by atoms with Gasteiger partial charge in [0, 0.05) is 25.7 Å². The summed E-state index contributed by atoms with van der Waals surface area (Å²) in [5.41, 5.74) is 1.99. The van der Waals surface area contributed by atoms with Crippen LogP contribution in [0.2, 0.25) is 0 Å². The molecule has 0 aromatic heterocycles. The third kappa shape index (κ3) is 3.34. The summed E-state index contributed by atoms with van der Waals surface area (Å²) in [6, 6.07) is 9.44. The fraction of sp³-hybridized carbons (Fsp3) is 0.583. The van der Waals surface area contributed by atoms with Gasteiger partial charge in [0.25, 0.3) is 0 Å². The van der Waals surface area contributed by atoms with E-state index in [1.165, 1.54) is 10.5 Å². The number of likely N-dealkylation sites (N-methyl/N-ethyl adjacent to an activating group) is 1. The van der Waals surface area contributed by atoms with Crippen LogP contribution in [0, 0.1) is 23.7 Å². The maximum Gasteiger partial charge on any atom is 0.239 e. The summed E-state index contributed by atoms with van der Waals surface area (Å²) in [6.45, 7) is 13.7. The molecule has 29 heavy (non-hydrogen) atoms.